The molecule has 1 N–H and O–H groups in total. The van der Waals surface area contributed by atoms with Gasteiger partial charge in [0.25, 0.3) is 0 Å². The van der Waals surface area contributed by atoms with E-state index in [-0.39, 0.29) is 47.9 Å². The number of thiophene rings is 1. The van der Waals surface area contributed by atoms with E-state index in [1.165, 1.54) is 31.6 Å². The fourth-order valence-electron chi connectivity index (χ4n) is 6.60. The van der Waals surface area contributed by atoms with Gasteiger partial charge in [-0.1, -0.05) is 134 Å². The summed E-state index contributed by atoms with van der Waals surface area (Å²) in [5, 5.41) is 16.2. The first-order valence-electron chi connectivity index (χ1n) is 18.6. The van der Waals surface area contributed by atoms with E-state index < -0.39 is 8.07 Å². The normalized spacial score (nSPS) is 13.0. The number of benzene rings is 3. The van der Waals surface area contributed by atoms with Crippen LogP contribution in [-0.4, -0.2) is 23.9 Å². The molecule has 0 aliphatic carbocycles. The molecule has 1 radical (unpaired) electrons. The van der Waals surface area contributed by atoms with Crippen molar-refractivity contribution in [2.24, 2.45) is 10.8 Å². The number of ketones is 1. The van der Waals surface area contributed by atoms with Crippen molar-refractivity contribution in [3.8, 4) is 11.3 Å². The van der Waals surface area contributed by atoms with Crippen molar-refractivity contribution in [1.29, 1.82) is 0 Å². The smallest absolute Gasteiger partial charge is 0.164 e. The Morgan fingerprint density at radius 2 is 1.52 bits per heavy atom. The summed E-state index contributed by atoms with van der Waals surface area (Å²) in [4.78, 5) is 17.0. The number of rotatable bonds is 9. The van der Waals surface area contributed by atoms with Crippen LogP contribution in [0.3, 0.4) is 0 Å². The van der Waals surface area contributed by atoms with Gasteiger partial charge in [-0.2, -0.15) is 11.3 Å². The number of pyridine rings is 1. The Labute approximate surface area is 329 Å². The molecule has 3 aromatic heterocycles. The molecule has 0 amide bonds. The molecule has 3 heterocycles. The van der Waals surface area contributed by atoms with Crippen molar-refractivity contribution in [2.75, 3.05) is 0 Å². The van der Waals surface area contributed by atoms with Crippen LogP contribution in [0.1, 0.15) is 93.6 Å². The number of aromatic nitrogens is 1. The molecule has 0 fully saturated rings. The Morgan fingerprint density at radius 1 is 0.885 bits per heavy atom. The van der Waals surface area contributed by atoms with Crippen LogP contribution in [-0.2, 0) is 30.3 Å². The summed E-state index contributed by atoms with van der Waals surface area (Å²) in [6.45, 7) is 26.1. The number of carbonyl (C=O) groups excluding carboxylic acids is 1. The fourth-order valence-corrected chi connectivity index (χ4v) is 9.25. The summed E-state index contributed by atoms with van der Waals surface area (Å²) in [7, 11) is -1.41. The second-order valence-electron chi connectivity index (χ2n) is 16.7. The molecule has 7 heteroatoms. The van der Waals surface area contributed by atoms with Gasteiger partial charge in [0.2, 0.25) is 0 Å². The van der Waals surface area contributed by atoms with Crippen molar-refractivity contribution in [3.05, 3.63) is 84.3 Å². The third-order valence-corrected chi connectivity index (χ3v) is 14.5. The van der Waals surface area contributed by atoms with E-state index in [0.717, 1.165) is 64.3 Å². The predicted octanol–water partition coefficient (Wildman–Crippen LogP) is 13.3. The summed E-state index contributed by atoms with van der Waals surface area (Å²) >= 11 is 1.82. The molecule has 0 aliphatic rings. The topological polar surface area (TPSA) is 63.3 Å². The van der Waals surface area contributed by atoms with Crippen molar-refractivity contribution in [2.45, 2.75) is 113 Å². The minimum absolute atomic E-state index is 0. The average molecular weight is 911 g/mol. The zero-order valence-electron chi connectivity index (χ0n) is 33.1. The van der Waals surface area contributed by atoms with Crippen molar-refractivity contribution in [1.82, 2.24) is 4.98 Å². The Bertz CT molecular complexity index is 2240. The summed E-state index contributed by atoms with van der Waals surface area (Å²) in [5.74, 6) is 1.19. The van der Waals surface area contributed by atoms with Gasteiger partial charge in [0.05, 0.1) is 8.07 Å². The predicted molar refractivity (Wildman–Crippen MR) is 223 cm³/mol. The number of nitrogens with zero attached hydrogens (tertiary/aromatic N) is 1. The van der Waals surface area contributed by atoms with Crippen LogP contribution in [0.5, 0.6) is 0 Å². The number of allylic oxidation sites excluding steroid dienone is 2. The van der Waals surface area contributed by atoms with Crippen LogP contribution in [0.4, 0.5) is 0 Å². The second-order valence-corrected chi connectivity index (χ2v) is 22.8. The molecule has 0 unspecified atom stereocenters. The molecule has 0 bridgehead atoms. The molecule has 52 heavy (non-hydrogen) atoms. The second kappa shape index (κ2) is 15.7. The quantitative estimate of drug-likeness (QED) is 0.0679. The Hall–Kier alpha value is -3.09. The van der Waals surface area contributed by atoms with Gasteiger partial charge in [-0.3, -0.25) is 9.78 Å². The van der Waals surface area contributed by atoms with Gasteiger partial charge < -0.3 is 9.52 Å². The van der Waals surface area contributed by atoms with Crippen LogP contribution in [0, 0.1) is 16.9 Å². The maximum atomic E-state index is 12.2. The van der Waals surface area contributed by atoms with Gasteiger partial charge in [-0.25, -0.2) is 0 Å². The fraction of sp³-hybridized carbons (Fsp3) is 0.422. The maximum absolute atomic E-state index is 12.2. The summed E-state index contributed by atoms with van der Waals surface area (Å²) in [6, 6.07) is 23.3. The number of aliphatic hydroxyl groups excluding tert-OH is 1. The molecule has 0 atom stereocenters. The van der Waals surface area contributed by atoms with Gasteiger partial charge in [0.1, 0.15) is 17.1 Å². The zero-order valence-corrected chi connectivity index (χ0v) is 37.3. The van der Waals surface area contributed by atoms with E-state index in [4.69, 9.17) is 9.40 Å². The molecule has 0 spiro atoms. The van der Waals surface area contributed by atoms with Crippen molar-refractivity contribution < 1.29 is 34.4 Å². The molecule has 4 nitrogen and oxygen atoms in total. The van der Waals surface area contributed by atoms with Gasteiger partial charge in [0.15, 0.2) is 5.78 Å². The van der Waals surface area contributed by atoms with E-state index in [1.54, 1.807) is 0 Å². The molecule has 6 aromatic rings. The molecular weight excluding hydrogens is 855 g/mol. The molecule has 0 saturated heterocycles. The number of hydrogen-bond acceptors (Lipinski definition) is 5. The Kier molecular flexibility index (Phi) is 12.6. The molecule has 279 valence electrons. The number of carbonyl (C=O) groups is 1. The number of fused-ring (bicyclic) bond motifs is 5. The zero-order chi connectivity index (χ0) is 37.5. The third-order valence-electron chi connectivity index (χ3n) is 11.3. The first-order valence-corrected chi connectivity index (χ1v) is 22.9. The molecule has 3 aromatic carbocycles. The van der Waals surface area contributed by atoms with Crippen LogP contribution < -0.4 is 5.19 Å². The van der Waals surface area contributed by atoms with E-state index in [9.17, 15) is 9.90 Å². The van der Waals surface area contributed by atoms with Crippen molar-refractivity contribution in [3.63, 3.8) is 0 Å². The Morgan fingerprint density at radius 3 is 2.12 bits per heavy atom. The molecule has 0 aliphatic heterocycles. The van der Waals surface area contributed by atoms with Crippen LogP contribution in [0.25, 0.3) is 53.4 Å². The minimum Gasteiger partial charge on any atom is -0.512 e. The maximum Gasteiger partial charge on any atom is 0.164 e. The van der Waals surface area contributed by atoms with E-state index in [0.29, 0.717) is 0 Å². The third kappa shape index (κ3) is 8.04. The largest absolute Gasteiger partial charge is 0.512 e. The first kappa shape index (κ1) is 41.7. The van der Waals surface area contributed by atoms with E-state index >= 15 is 0 Å². The van der Waals surface area contributed by atoms with Crippen molar-refractivity contribution >= 4 is 72.4 Å². The van der Waals surface area contributed by atoms with Crippen LogP contribution in [0.2, 0.25) is 19.6 Å². The van der Waals surface area contributed by atoms with Gasteiger partial charge in [0, 0.05) is 64.4 Å². The standard InChI is InChI=1S/C30H28NOSSi.C15H28O2.Ir/c1-30(2,3)26-21-10-8-7-9-18(21)15-23-27-29(33-28(23)26)22(13-14-31-27)25-16-19-11-12-20(34(4,5)6)17-24(19)32-25;1-7-14(5,8-2)12(16)11-13(17)15(6,9-3)10-4;/h7-14,16-17H,1-6H3;11,16H,7-10H2,1-6H3;/q-1;;/b;12-11-;. The monoisotopic (exact) mass is 911 g/mol. The Balaban J connectivity index is 0.000000289. The molecule has 0 saturated carbocycles. The minimum atomic E-state index is -1.41. The molecular formula is C45H56IrNO3SSi-. The number of aliphatic hydroxyl groups is 1. The first-order chi connectivity index (χ1) is 23.9. The summed E-state index contributed by atoms with van der Waals surface area (Å²) in [6.07, 6.45) is 6.66. The number of furan rings is 1. The van der Waals surface area contributed by atoms with Gasteiger partial charge >= 0.3 is 0 Å². The average Bonchev–Trinajstić information content (AvgIpc) is 3.70. The van der Waals surface area contributed by atoms with E-state index in [2.05, 4.69) is 101 Å². The van der Waals surface area contributed by atoms with Crippen LogP contribution >= 0.6 is 11.3 Å². The molecule has 6 rings (SSSR count). The van der Waals surface area contributed by atoms with Gasteiger partial charge in [-0.05, 0) is 54.0 Å². The van der Waals surface area contributed by atoms with E-state index in [1.807, 2.05) is 59.1 Å². The number of hydrogen-bond donors (Lipinski definition) is 1. The van der Waals surface area contributed by atoms with Gasteiger partial charge in [-0.15, -0.1) is 17.5 Å². The SMILES string of the molecule is CC(C)(C)c1c2ccccc2[c-]c2c1sc1c(-c3cc4ccc([Si](C)(C)C)cc4o3)ccnc12.CCC(C)(CC)C(=O)/C=C(\O)C(C)(CC)CC.[Ir]. The summed E-state index contributed by atoms with van der Waals surface area (Å²) in [5.41, 5.74) is 3.85. The van der Waals surface area contributed by atoms with Crippen LogP contribution in [0.15, 0.2) is 77.0 Å². The summed E-state index contributed by atoms with van der Waals surface area (Å²) < 4.78 is 8.90.